The van der Waals surface area contributed by atoms with Crippen molar-refractivity contribution in [2.24, 2.45) is 5.14 Å². The molecule has 0 heterocycles. The zero-order valence-corrected chi connectivity index (χ0v) is 13.7. The molecule has 0 atom stereocenters. The highest BCUT2D eigenvalue weighted by Crippen LogP contribution is 2.25. The van der Waals surface area contributed by atoms with E-state index < -0.39 is 16.1 Å². The maximum atomic E-state index is 11.8. The predicted molar refractivity (Wildman–Crippen MR) is 88.5 cm³/mol. The highest BCUT2D eigenvalue weighted by Gasteiger charge is 2.08. The monoisotopic (exact) mass is 351 g/mol. The number of para-hydroxylation sites is 2. The van der Waals surface area contributed by atoms with Gasteiger partial charge in [-0.3, -0.25) is 0 Å². The summed E-state index contributed by atoms with van der Waals surface area (Å²) in [6.45, 7) is -0.0680. The minimum absolute atomic E-state index is 0.0343. The van der Waals surface area contributed by atoms with Gasteiger partial charge in [-0.25, -0.2) is 18.4 Å². The maximum Gasteiger partial charge on any atom is 0.321 e. The molecule has 0 aliphatic carbocycles. The summed E-state index contributed by atoms with van der Waals surface area (Å²) in [5, 5.41) is 10.0. The number of carbonyl (C=O) groups is 1. The van der Waals surface area contributed by atoms with Gasteiger partial charge in [-0.1, -0.05) is 12.1 Å². The van der Waals surface area contributed by atoms with Crippen LogP contribution in [0.1, 0.15) is 0 Å². The van der Waals surface area contributed by atoms with Crippen molar-refractivity contribution in [3.05, 3.63) is 48.5 Å². The van der Waals surface area contributed by atoms with E-state index >= 15 is 0 Å². The Balaban J connectivity index is 1.85. The molecule has 0 saturated heterocycles. The van der Waals surface area contributed by atoms with Crippen molar-refractivity contribution in [1.82, 2.24) is 5.32 Å². The van der Waals surface area contributed by atoms with Gasteiger partial charge in [0.1, 0.15) is 0 Å². The summed E-state index contributed by atoms with van der Waals surface area (Å²) in [6, 6.07) is 12.0. The molecule has 4 N–H and O–H groups in total. The molecular weight excluding hydrogens is 334 g/mol. The number of sulfonamides is 1. The number of methoxy groups -OCH3 is 1. The minimum atomic E-state index is -3.76. The average Bonchev–Trinajstić information content (AvgIpc) is 2.55. The first-order chi connectivity index (χ1) is 11.4. The second-order valence-corrected chi connectivity index (χ2v) is 6.20. The molecule has 0 bridgehead atoms. The second-order valence-electron chi connectivity index (χ2n) is 4.64. The molecule has 0 radical (unpaired) electrons. The van der Waals surface area contributed by atoms with E-state index in [1.54, 1.807) is 24.3 Å². The Morgan fingerprint density at radius 1 is 1.08 bits per heavy atom. The first-order valence-electron chi connectivity index (χ1n) is 6.83. The standard InChI is InChI=1S/C15H17N3O5S/c1-22-13-4-2-3-5-14(13)23-10-17-15(19)18-11-6-8-12(9-7-11)24(16,20)21/h2-9H,10H2,1H3,(H2,16,20,21)(H2,17,18,19). The highest BCUT2D eigenvalue weighted by atomic mass is 32.2. The van der Waals surface area contributed by atoms with E-state index in [1.165, 1.54) is 31.4 Å². The number of anilines is 1. The number of hydrogen-bond donors (Lipinski definition) is 3. The molecule has 2 rings (SSSR count). The SMILES string of the molecule is COc1ccccc1OCNC(=O)Nc1ccc(S(N)(=O)=O)cc1. The summed E-state index contributed by atoms with van der Waals surface area (Å²) in [5.74, 6) is 1.05. The number of amides is 2. The van der Waals surface area contributed by atoms with Gasteiger partial charge >= 0.3 is 6.03 Å². The lowest BCUT2D eigenvalue weighted by Gasteiger charge is -2.11. The number of benzene rings is 2. The molecule has 2 aromatic carbocycles. The van der Waals surface area contributed by atoms with Crippen molar-refractivity contribution < 1.29 is 22.7 Å². The summed E-state index contributed by atoms with van der Waals surface area (Å²) in [7, 11) is -2.24. The second kappa shape index (κ2) is 7.66. The fourth-order valence-electron chi connectivity index (χ4n) is 1.82. The molecule has 0 aliphatic rings. The van der Waals surface area contributed by atoms with E-state index in [4.69, 9.17) is 14.6 Å². The minimum Gasteiger partial charge on any atom is -0.493 e. The van der Waals surface area contributed by atoms with Gasteiger partial charge in [0.15, 0.2) is 18.2 Å². The van der Waals surface area contributed by atoms with Crippen LogP contribution >= 0.6 is 0 Å². The number of carbonyl (C=O) groups excluding carboxylic acids is 1. The molecule has 0 fully saturated rings. The van der Waals surface area contributed by atoms with E-state index in [0.29, 0.717) is 17.2 Å². The van der Waals surface area contributed by atoms with Crippen molar-refractivity contribution in [2.45, 2.75) is 4.90 Å². The quantitative estimate of drug-likeness (QED) is 0.681. The van der Waals surface area contributed by atoms with Gasteiger partial charge in [-0.15, -0.1) is 0 Å². The lowest BCUT2D eigenvalue weighted by atomic mass is 10.3. The van der Waals surface area contributed by atoms with Crippen LogP contribution in [0, 0.1) is 0 Å². The third-order valence-electron chi connectivity index (χ3n) is 2.97. The van der Waals surface area contributed by atoms with Crippen LogP contribution in [0.4, 0.5) is 10.5 Å². The molecule has 2 amide bonds. The smallest absolute Gasteiger partial charge is 0.321 e. The van der Waals surface area contributed by atoms with Gasteiger partial charge in [-0.05, 0) is 36.4 Å². The molecule has 0 unspecified atom stereocenters. The highest BCUT2D eigenvalue weighted by molar-refractivity contribution is 7.89. The predicted octanol–water partition coefficient (Wildman–Crippen LogP) is 1.50. The molecular formula is C15H17N3O5S. The molecule has 0 aromatic heterocycles. The van der Waals surface area contributed by atoms with Crippen LogP contribution in [0.5, 0.6) is 11.5 Å². The fraction of sp³-hybridized carbons (Fsp3) is 0.133. The number of nitrogens with two attached hydrogens (primary N) is 1. The third kappa shape index (κ3) is 4.86. The summed E-state index contributed by atoms with van der Waals surface area (Å²) < 4.78 is 32.8. The van der Waals surface area contributed by atoms with E-state index in [9.17, 15) is 13.2 Å². The Labute approximate surface area is 139 Å². The van der Waals surface area contributed by atoms with Gasteiger partial charge in [0.05, 0.1) is 12.0 Å². The Kier molecular flexibility index (Phi) is 5.61. The Morgan fingerprint density at radius 3 is 2.29 bits per heavy atom. The van der Waals surface area contributed by atoms with Gasteiger partial charge in [-0.2, -0.15) is 0 Å². The fourth-order valence-corrected chi connectivity index (χ4v) is 2.34. The van der Waals surface area contributed by atoms with Gasteiger partial charge in [0.2, 0.25) is 10.0 Å². The Bertz CT molecular complexity index is 806. The van der Waals surface area contributed by atoms with Crippen molar-refractivity contribution in [3.63, 3.8) is 0 Å². The lowest BCUT2D eigenvalue weighted by Crippen LogP contribution is -2.32. The normalized spacial score (nSPS) is 10.8. The summed E-state index contributed by atoms with van der Waals surface area (Å²) >= 11 is 0. The van der Waals surface area contributed by atoms with E-state index in [-0.39, 0.29) is 11.6 Å². The van der Waals surface area contributed by atoms with Crippen LogP contribution in [0.25, 0.3) is 0 Å². The third-order valence-corrected chi connectivity index (χ3v) is 3.90. The van der Waals surface area contributed by atoms with Crippen molar-refractivity contribution >= 4 is 21.7 Å². The van der Waals surface area contributed by atoms with Gasteiger partial charge < -0.3 is 20.1 Å². The van der Waals surface area contributed by atoms with E-state index in [2.05, 4.69) is 10.6 Å². The summed E-state index contributed by atoms with van der Waals surface area (Å²) in [5.41, 5.74) is 0.414. The average molecular weight is 351 g/mol. The molecule has 128 valence electrons. The van der Waals surface area contributed by atoms with Crippen molar-refractivity contribution in [2.75, 3.05) is 19.2 Å². The molecule has 2 aromatic rings. The number of ether oxygens (including phenoxy) is 2. The largest absolute Gasteiger partial charge is 0.493 e. The van der Waals surface area contributed by atoms with Crippen LogP contribution in [0.2, 0.25) is 0 Å². The molecule has 0 spiro atoms. The van der Waals surface area contributed by atoms with Gasteiger partial charge in [0.25, 0.3) is 0 Å². The zero-order valence-electron chi connectivity index (χ0n) is 12.9. The number of urea groups is 1. The lowest BCUT2D eigenvalue weighted by molar-refractivity contribution is 0.231. The number of nitrogens with one attached hydrogen (secondary N) is 2. The van der Waals surface area contributed by atoms with Crippen LogP contribution < -0.4 is 25.2 Å². The zero-order chi connectivity index (χ0) is 17.6. The van der Waals surface area contributed by atoms with Crippen LogP contribution in [-0.4, -0.2) is 28.3 Å². The molecule has 9 heteroatoms. The molecule has 0 saturated carbocycles. The maximum absolute atomic E-state index is 11.8. The van der Waals surface area contributed by atoms with Crippen molar-refractivity contribution in [3.8, 4) is 11.5 Å². The molecule has 0 aliphatic heterocycles. The van der Waals surface area contributed by atoms with Crippen molar-refractivity contribution in [1.29, 1.82) is 0 Å². The van der Waals surface area contributed by atoms with E-state index in [0.717, 1.165) is 0 Å². The number of hydrogen-bond acceptors (Lipinski definition) is 5. The Morgan fingerprint density at radius 2 is 1.71 bits per heavy atom. The van der Waals surface area contributed by atoms with Gasteiger partial charge in [0, 0.05) is 5.69 Å². The topological polar surface area (TPSA) is 120 Å². The number of rotatable bonds is 6. The summed E-state index contributed by atoms with van der Waals surface area (Å²) in [6.07, 6.45) is 0. The Hall–Kier alpha value is -2.78. The summed E-state index contributed by atoms with van der Waals surface area (Å²) in [4.78, 5) is 11.7. The molecule has 24 heavy (non-hydrogen) atoms. The number of primary sulfonamides is 1. The van der Waals surface area contributed by atoms with Crippen LogP contribution in [-0.2, 0) is 10.0 Å². The van der Waals surface area contributed by atoms with E-state index in [1.807, 2.05) is 0 Å². The van der Waals surface area contributed by atoms with Crippen LogP contribution in [0.15, 0.2) is 53.4 Å². The first kappa shape index (κ1) is 17.6. The van der Waals surface area contributed by atoms with Crippen LogP contribution in [0.3, 0.4) is 0 Å². The molecule has 8 nitrogen and oxygen atoms in total. The first-order valence-corrected chi connectivity index (χ1v) is 8.38.